The highest BCUT2D eigenvalue weighted by Crippen LogP contribution is 2.17. The van der Waals surface area contributed by atoms with Gasteiger partial charge in [-0.3, -0.25) is 0 Å². The highest BCUT2D eigenvalue weighted by Gasteiger charge is 2.09. The van der Waals surface area contributed by atoms with E-state index in [1.807, 2.05) is 12.1 Å². The predicted octanol–water partition coefficient (Wildman–Crippen LogP) is 0.712. The monoisotopic (exact) mass is 231 g/mol. The molecule has 1 aliphatic heterocycles. The molecule has 1 aromatic carbocycles. The predicted molar refractivity (Wildman–Crippen MR) is 65.8 cm³/mol. The third kappa shape index (κ3) is 3.19. The van der Waals surface area contributed by atoms with Crippen LogP contribution in [0, 0.1) is 11.3 Å². The normalized spacial score (nSPS) is 16.6. The summed E-state index contributed by atoms with van der Waals surface area (Å²) < 4.78 is 0. The molecule has 4 heteroatoms. The number of hydrogen-bond acceptors (Lipinski definition) is 4. The topological polar surface area (TPSA) is 59.3 Å². The van der Waals surface area contributed by atoms with Gasteiger partial charge < -0.3 is 15.3 Å². The van der Waals surface area contributed by atoms with Crippen molar-refractivity contribution in [3.8, 4) is 11.8 Å². The van der Waals surface area contributed by atoms with Crippen molar-refractivity contribution in [1.29, 1.82) is 5.26 Å². The van der Waals surface area contributed by atoms with Crippen molar-refractivity contribution in [2.75, 3.05) is 32.7 Å². The summed E-state index contributed by atoms with van der Waals surface area (Å²) in [5, 5.41) is 21.6. The second kappa shape index (κ2) is 5.67. The van der Waals surface area contributed by atoms with Crippen molar-refractivity contribution < 1.29 is 5.11 Å². The first kappa shape index (κ1) is 11.9. The van der Waals surface area contributed by atoms with Crippen molar-refractivity contribution in [1.82, 2.24) is 10.2 Å². The zero-order valence-corrected chi connectivity index (χ0v) is 9.82. The molecule has 0 spiro atoms. The van der Waals surface area contributed by atoms with Crippen LogP contribution in [0.4, 0.5) is 0 Å². The van der Waals surface area contributed by atoms with E-state index in [0.717, 1.165) is 44.7 Å². The summed E-state index contributed by atoms with van der Waals surface area (Å²) >= 11 is 0. The lowest BCUT2D eigenvalue weighted by atomic mass is 10.1. The second-order valence-corrected chi connectivity index (χ2v) is 4.30. The maximum absolute atomic E-state index is 9.41. The van der Waals surface area contributed by atoms with E-state index in [-0.39, 0.29) is 5.75 Å². The smallest absolute Gasteiger partial charge is 0.133 e. The van der Waals surface area contributed by atoms with Gasteiger partial charge in [-0.1, -0.05) is 6.07 Å². The van der Waals surface area contributed by atoms with Crippen molar-refractivity contribution in [3.63, 3.8) is 0 Å². The Balaban J connectivity index is 1.92. The van der Waals surface area contributed by atoms with Gasteiger partial charge in [0, 0.05) is 32.7 Å². The summed E-state index contributed by atoms with van der Waals surface area (Å²) in [6.45, 7) is 5.29. The summed E-state index contributed by atoms with van der Waals surface area (Å²) in [7, 11) is 0. The molecule has 1 fully saturated rings. The van der Waals surface area contributed by atoms with Crippen LogP contribution in [-0.4, -0.2) is 42.7 Å². The van der Waals surface area contributed by atoms with E-state index in [1.54, 1.807) is 12.1 Å². The van der Waals surface area contributed by atoms with Crippen LogP contribution in [0.2, 0.25) is 0 Å². The van der Waals surface area contributed by atoms with Crippen LogP contribution in [-0.2, 0) is 6.42 Å². The molecule has 0 aromatic heterocycles. The molecule has 0 atom stereocenters. The Morgan fingerprint density at radius 1 is 1.35 bits per heavy atom. The lowest BCUT2D eigenvalue weighted by molar-refractivity contribution is 0.244. The number of nitrogens with zero attached hydrogens (tertiary/aromatic N) is 2. The number of phenols is 1. The van der Waals surface area contributed by atoms with Crippen molar-refractivity contribution in [3.05, 3.63) is 29.3 Å². The number of rotatable bonds is 3. The van der Waals surface area contributed by atoms with Gasteiger partial charge in [-0.15, -0.1) is 0 Å². The largest absolute Gasteiger partial charge is 0.507 e. The van der Waals surface area contributed by atoms with Gasteiger partial charge in [0.15, 0.2) is 0 Å². The maximum Gasteiger partial charge on any atom is 0.133 e. The fraction of sp³-hybridized carbons (Fsp3) is 0.462. The molecule has 1 saturated heterocycles. The molecule has 17 heavy (non-hydrogen) atoms. The first-order valence-corrected chi connectivity index (χ1v) is 5.94. The van der Waals surface area contributed by atoms with E-state index >= 15 is 0 Å². The number of hydrogen-bond donors (Lipinski definition) is 2. The molecule has 0 saturated carbocycles. The summed E-state index contributed by atoms with van der Waals surface area (Å²) in [6.07, 6.45) is 0.926. The summed E-state index contributed by atoms with van der Waals surface area (Å²) in [5.74, 6) is 0.0680. The van der Waals surface area contributed by atoms with Crippen LogP contribution < -0.4 is 5.32 Å². The van der Waals surface area contributed by atoms with Gasteiger partial charge in [-0.2, -0.15) is 5.26 Å². The van der Waals surface area contributed by atoms with E-state index in [9.17, 15) is 5.11 Å². The van der Waals surface area contributed by atoms with Crippen molar-refractivity contribution in [2.45, 2.75) is 6.42 Å². The number of aromatic hydroxyl groups is 1. The molecule has 0 aliphatic carbocycles. The summed E-state index contributed by atoms with van der Waals surface area (Å²) in [6, 6.07) is 7.27. The summed E-state index contributed by atoms with van der Waals surface area (Å²) in [4.78, 5) is 2.41. The first-order chi connectivity index (χ1) is 8.29. The molecule has 1 heterocycles. The lowest BCUT2D eigenvalue weighted by Gasteiger charge is -2.27. The molecule has 1 aromatic rings. The van der Waals surface area contributed by atoms with Crippen LogP contribution >= 0.6 is 0 Å². The highest BCUT2D eigenvalue weighted by atomic mass is 16.3. The maximum atomic E-state index is 9.41. The first-order valence-electron chi connectivity index (χ1n) is 5.94. The Morgan fingerprint density at radius 2 is 2.12 bits per heavy atom. The van der Waals surface area contributed by atoms with Gasteiger partial charge in [-0.25, -0.2) is 0 Å². The molecule has 2 rings (SSSR count). The summed E-state index contributed by atoms with van der Waals surface area (Å²) in [5.41, 5.74) is 1.47. The molecule has 0 bridgehead atoms. The van der Waals surface area contributed by atoms with Gasteiger partial charge in [0.25, 0.3) is 0 Å². The average molecular weight is 231 g/mol. The van der Waals surface area contributed by atoms with E-state index in [0.29, 0.717) is 5.56 Å². The number of piperazine rings is 1. The average Bonchev–Trinajstić information content (AvgIpc) is 2.39. The van der Waals surface area contributed by atoms with E-state index in [4.69, 9.17) is 5.26 Å². The number of nitriles is 1. The third-order valence-corrected chi connectivity index (χ3v) is 3.11. The minimum Gasteiger partial charge on any atom is -0.507 e. The Kier molecular flexibility index (Phi) is 3.97. The highest BCUT2D eigenvalue weighted by molar-refractivity contribution is 5.44. The van der Waals surface area contributed by atoms with E-state index in [1.165, 1.54) is 0 Å². The fourth-order valence-corrected chi connectivity index (χ4v) is 2.05. The standard InChI is InChI=1S/C13H17N3O/c14-10-12-9-11(1-2-13(12)17)3-6-16-7-4-15-5-8-16/h1-2,9,15,17H,3-8H2. The van der Waals surface area contributed by atoms with Crippen molar-refractivity contribution in [2.24, 2.45) is 0 Å². The van der Waals surface area contributed by atoms with Gasteiger partial charge in [0.2, 0.25) is 0 Å². The molecule has 2 N–H and O–H groups in total. The number of nitrogens with one attached hydrogen (secondary N) is 1. The van der Waals surface area contributed by atoms with Crippen LogP contribution in [0.1, 0.15) is 11.1 Å². The minimum absolute atomic E-state index is 0.0680. The molecule has 0 radical (unpaired) electrons. The quantitative estimate of drug-likeness (QED) is 0.804. The third-order valence-electron chi connectivity index (χ3n) is 3.11. The van der Waals surface area contributed by atoms with E-state index < -0.39 is 0 Å². The molecule has 0 unspecified atom stereocenters. The zero-order valence-electron chi connectivity index (χ0n) is 9.82. The Bertz CT molecular complexity index is 419. The Hall–Kier alpha value is -1.57. The molecule has 0 amide bonds. The molecular weight excluding hydrogens is 214 g/mol. The number of benzene rings is 1. The molecule has 4 nitrogen and oxygen atoms in total. The molecule has 90 valence electrons. The van der Waals surface area contributed by atoms with Gasteiger partial charge in [-0.05, 0) is 24.1 Å². The number of phenolic OH excluding ortho intramolecular Hbond substituents is 1. The fourth-order valence-electron chi connectivity index (χ4n) is 2.05. The van der Waals surface area contributed by atoms with Crippen molar-refractivity contribution >= 4 is 0 Å². The van der Waals surface area contributed by atoms with Crippen LogP contribution in [0.3, 0.4) is 0 Å². The zero-order chi connectivity index (χ0) is 12.1. The second-order valence-electron chi connectivity index (χ2n) is 4.30. The Morgan fingerprint density at radius 3 is 2.82 bits per heavy atom. The lowest BCUT2D eigenvalue weighted by Crippen LogP contribution is -2.44. The van der Waals surface area contributed by atoms with Gasteiger partial charge in [0.05, 0.1) is 5.56 Å². The van der Waals surface area contributed by atoms with Gasteiger partial charge >= 0.3 is 0 Å². The molecular formula is C13H17N3O. The van der Waals surface area contributed by atoms with E-state index in [2.05, 4.69) is 10.2 Å². The van der Waals surface area contributed by atoms with Crippen LogP contribution in [0.5, 0.6) is 5.75 Å². The minimum atomic E-state index is 0.0680. The Labute approximate surface area is 101 Å². The molecule has 1 aliphatic rings. The SMILES string of the molecule is N#Cc1cc(CCN2CCNCC2)ccc1O. The van der Waals surface area contributed by atoms with Crippen LogP contribution in [0.25, 0.3) is 0 Å². The van der Waals surface area contributed by atoms with Gasteiger partial charge in [0.1, 0.15) is 11.8 Å². The van der Waals surface area contributed by atoms with Crippen LogP contribution in [0.15, 0.2) is 18.2 Å².